The summed E-state index contributed by atoms with van der Waals surface area (Å²) in [4.78, 5) is 22.4. The highest BCUT2D eigenvalue weighted by Gasteiger charge is 2.19. The van der Waals surface area contributed by atoms with Gasteiger partial charge in [0.25, 0.3) is 5.69 Å². The largest absolute Gasteiger partial charge is 0.487 e. The Balaban J connectivity index is 2.19. The van der Waals surface area contributed by atoms with E-state index >= 15 is 0 Å². The van der Waals surface area contributed by atoms with Crippen molar-refractivity contribution in [3.05, 3.63) is 64.2 Å². The van der Waals surface area contributed by atoms with E-state index in [4.69, 9.17) is 9.47 Å². The smallest absolute Gasteiger partial charge is 0.412 e. The second kappa shape index (κ2) is 7.65. The molecule has 0 bridgehead atoms. The molecule has 0 spiro atoms. The van der Waals surface area contributed by atoms with Gasteiger partial charge in [-0.3, -0.25) is 15.4 Å². The first-order valence-corrected chi connectivity index (χ1v) is 7.70. The van der Waals surface area contributed by atoms with Gasteiger partial charge in [-0.2, -0.15) is 0 Å². The zero-order valence-corrected chi connectivity index (χ0v) is 14.3. The summed E-state index contributed by atoms with van der Waals surface area (Å²) in [6.07, 6.45) is -0.711. The molecule has 2 aromatic rings. The second-order valence-corrected chi connectivity index (χ2v) is 6.34. The molecular weight excluding hydrogens is 324 g/mol. The van der Waals surface area contributed by atoms with Crippen LogP contribution in [0.15, 0.2) is 48.5 Å². The number of amides is 1. The standard InChI is InChI=1S/C18H20N2O5/c1-18(2,3)25-17(21)19-15-11-14(20(22)23)9-10-16(15)24-12-13-7-5-4-6-8-13/h4-11H,12H2,1-3H3,(H,19,21). The molecule has 0 aliphatic rings. The second-order valence-electron chi connectivity index (χ2n) is 6.34. The van der Waals surface area contributed by atoms with Crippen molar-refractivity contribution < 1.29 is 19.2 Å². The normalized spacial score (nSPS) is 10.8. The highest BCUT2D eigenvalue weighted by molar-refractivity contribution is 5.87. The quantitative estimate of drug-likeness (QED) is 0.636. The molecule has 132 valence electrons. The molecule has 0 aliphatic heterocycles. The first kappa shape index (κ1) is 18.3. The summed E-state index contributed by atoms with van der Waals surface area (Å²) in [6.45, 7) is 5.45. The van der Waals surface area contributed by atoms with Gasteiger partial charge < -0.3 is 9.47 Å². The number of nitro benzene ring substituents is 1. The van der Waals surface area contributed by atoms with Crippen LogP contribution in [0, 0.1) is 10.1 Å². The number of nitrogens with one attached hydrogen (secondary N) is 1. The first-order chi connectivity index (χ1) is 11.7. The summed E-state index contributed by atoms with van der Waals surface area (Å²) >= 11 is 0. The fourth-order valence-electron chi connectivity index (χ4n) is 2.00. The van der Waals surface area contributed by atoms with E-state index in [-0.39, 0.29) is 18.0 Å². The van der Waals surface area contributed by atoms with Gasteiger partial charge in [0.2, 0.25) is 0 Å². The van der Waals surface area contributed by atoms with Crippen molar-refractivity contribution in [2.24, 2.45) is 0 Å². The molecule has 0 fully saturated rings. The molecule has 2 aromatic carbocycles. The lowest BCUT2D eigenvalue weighted by Gasteiger charge is -2.20. The Hall–Kier alpha value is -3.09. The molecular formula is C18H20N2O5. The van der Waals surface area contributed by atoms with Gasteiger partial charge in [-0.15, -0.1) is 0 Å². The third-order valence-corrected chi connectivity index (χ3v) is 3.05. The van der Waals surface area contributed by atoms with Gasteiger partial charge >= 0.3 is 6.09 Å². The van der Waals surface area contributed by atoms with Crippen molar-refractivity contribution in [3.63, 3.8) is 0 Å². The van der Waals surface area contributed by atoms with Crippen LogP contribution in [0.2, 0.25) is 0 Å². The molecule has 0 saturated heterocycles. The van der Waals surface area contributed by atoms with E-state index < -0.39 is 16.6 Å². The van der Waals surface area contributed by atoms with Crippen LogP contribution in [0.3, 0.4) is 0 Å². The maximum absolute atomic E-state index is 12.0. The van der Waals surface area contributed by atoms with Gasteiger partial charge in [-0.05, 0) is 32.4 Å². The lowest BCUT2D eigenvalue weighted by Crippen LogP contribution is -2.27. The molecule has 25 heavy (non-hydrogen) atoms. The molecule has 2 rings (SSSR count). The molecule has 7 nitrogen and oxygen atoms in total. The maximum Gasteiger partial charge on any atom is 0.412 e. The molecule has 0 aromatic heterocycles. The Morgan fingerprint density at radius 2 is 1.84 bits per heavy atom. The fraction of sp³-hybridized carbons (Fsp3) is 0.278. The molecule has 0 heterocycles. The van der Waals surface area contributed by atoms with Gasteiger partial charge in [0.15, 0.2) is 0 Å². The maximum atomic E-state index is 12.0. The van der Waals surface area contributed by atoms with Gasteiger partial charge in [0.1, 0.15) is 18.0 Å². The number of carbonyl (C=O) groups is 1. The third-order valence-electron chi connectivity index (χ3n) is 3.05. The van der Waals surface area contributed by atoms with Crippen molar-refractivity contribution in [3.8, 4) is 5.75 Å². The molecule has 0 saturated carbocycles. The number of benzene rings is 2. The number of nitro groups is 1. The zero-order valence-electron chi connectivity index (χ0n) is 14.3. The Kier molecular flexibility index (Phi) is 5.59. The molecule has 0 atom stereocenters. The SMILES string of the molecule is CC(C)(C)OC(=O)Nc1cc([N+](=O)[O-])ccc1OCc1ccccc1. The van der Waals surface area contributed by atoms with E-state index in [0.717, 1.165) is 5.56 Å². The minimum absolute atomic E-state index is 0.155. The number of hydrogen-bond donors (Lipinski definition) is 1. The van der Waals surface area contributed by atoms with Crippen molar-refractivity contribution in [1.29, 1.82) is 0 Å². The van der Waals surface area contributed by atoms with Gasteiger partial charge in [-0.25, -0.2) is 4.79 Å². The molecule has 1 N–H and O–H groups in total. The molecule has 0 radical (unpaired) electrons. The average molecular weight is 344 g/mol. The van der Waals surface area contributed by atoms with E-state index in [1.165, 1.54) is 18.2 Å². The molecule has 0 aliphatic carbocycles. The first-order valence-electron chi connectivity index (χ1n) is 7.70. The van der Waals surface area contributed by atoms with Gasteiger partial charge in [-0.1, -0.05) is 30.3 Å². The average Bonchev–Trinajstić information content (AvgIpc) is 2.52. The van der Waals surface area contributed by atoms with E-state index in [2.05, 4.69) is 5.32 Å². The lowest BCUT2D eigenvalue weighted by atomic mass is 10.2. The number of non-ortho nitro benzene ring substituents is 1. The number of ether oxygens (including phenoxy) is 2. The summed E-state index contributed by atoms with van der Waals surface area (Å²) in [6, 6.07) is 13.5. The number of carbonyl (C=O) groups excluding carboxylic acids is 1. The minimum Gasteiger partial charge on any atom is -0.487 e. The zero-order chi connectivity index (χ0) is 18.4. The van der Waals surface area contributed by atoms with Crippen LogP contribution in [0.25, 0.3) is 0 Å². The lowest BCUT2D eigenvalue weighted by molar-refractivity contribution is -0.384. The molecule has 1 amide bonds. The topological polar surface area (TPSA) is 90.7 Å². The van der Waals surface area contributed by atoms with E-state index in [9.17, 15) is 14.9 Å². The van der Waals surface area contributed by atoms with Crippen LogP contribution in [0.5, 0.6) is 5.75 Å². The summed E-state index contributed by atoms with van der Waals surface area (Å²) in [5.74, 6) is 0.320. The molecule has 0 unspecified atom stereocenters. The summed E-state index contributed by atoms with van der Waals surface area (Å²) in [5, 5.41) is 13.5. The number of anilines is 1. The van der Waals surface area contributed by atoms with Crippen molar-refractivity contribution in [2.75, 3.05) is 5.32 Å². The van der Waals surface area contributed by atoms with Gasteiger partial charge in [0, 0.05) is 12.1 Å². The predicted molar refractivity (Wildman–Crippen MR) is 93.7 cm³/mol. The van der Waals surface area contributed by atoms with Crippen LogP contribution >= 0.6 is 0 Å². The summed E-state index contributed by atoms with van der Waals surface area (Å²) < 4.78 is 10.9. The van der Waals surface area contributed by atoms with Gasteiger partial charge in [0.05, 0.1) is 10.6 Å². The number of nitrogens with zero attached hydrogens (tertiary/aromatic N) is 1. The van der Waals surface area contributed by atoms with Crippen LogP contribution in [-0.4, -0.2) is 16.6 Å². The van der Waals surface area contributed by atoms with Crippen LogP contribution in [-0.2, 0) is 11.3 Å². The molecule has 7 heteroatoms. The highest BCUT2D eigenvalue weighted by atomic mass is 16.6. The van der Waals surface area contributed by atoms with E-state index in [1.807, 2.05) is 30.3 Å². The number of rotatable bonds is 5. The van der Waals surface area contributed by atoms with Crippen molar-refractivity contribution in [1.82, 2.24) is 0 Å². The number of hydrogen-bond acceptors (Lipinski definition) is 5. The van der Waals surface area contributed by atoms with E-state index in [0.29, 0.717) is 5.75 Å². The van der Waals surface area contributed by atoms with Crippen LogP contribution in [0.4, 0.5) is 16.2 Å². The van der Waals surface area contributed by atoms with Crippen LogP contribution in [0.1, 0.15) is 26.3 Å². The van der Waals surface area contributed by atoms with E-state index in [1.54, 1.807) is 20.8 Å². The summed E-state index contributed by atoms with van der Waals surface area (Å²) in [5.41, 5.74) is 0.275. The monoisotopic (exact) mass is 344 g/mol. The third kappa shape index (κ3) is 5.80. The Morgan fingerprint density at radius 1 is 1.16 bits per heavy atom. The Morgan fingerprint density at radius 3 is 2.44 bits per heavy atom. The van der Waals surface area contributed by atoms with Crippen LogP contribution < -0.4 is 10.1 Å². The fourth-order valence-corrected chi connectivity index (χ4v) is 2.00. The minimum atomic E-state index is -0.711. The van der Waals surface area contributed by atoms with Crippen molar-refractivity contribution >= 4 is 17.5 Å². The summed E-state index contributed by atoms with van der Waals surface area (Å²) in [7, 11) is 0. The Labute approximate surface area is 145 Å². The Bertz CT molecular complexity index is 754. The van der Waals surface area contributed by atoms with Crippen molar-refractivity contribution in [2.45, 2.75) is 33.0 Å². The highest BCUT2D eigenvalue weighted by Crippen LogP contribution is 2.30. The predicted octanol–water partition coefficient (Wildman–Crippen LogP) is 4.52.